The van der Waals surface area contributed by atoms with Gasteiger partial charge < -0.3 is 10.1 Å². The number of ether oxygens (including phenoxy) is 1. The fourth-order valence-corrected chi connectivity index (χ4v) is 2.09. The van der Waals surface area contributed by atoms with Gasteiger partial charge in [0.15, 0.2) is 0 Å². The van der Waals surface area contributed by atoms with Gasteiger partial charge in [0.1, 0.15) is 13.2 Å². The van der Waals surface area contributed by atoms with Crippen molar-refractivity contribution in [1.82, 2.24) is 5.32 Å². The number of benzene rings is 2. The van der Waals surface area contributed by atoms with E-state index in [4.69, 9.17) is 4.74 Å². The van der Waals surface area contributed by atoms with Crippen molar-refractivity contribution in [3.63, 3.8) is 0 Å². The molecule has 1 N–H and O–H groups in total. The maximum Gasteiger partial charge on any atom is 0.416 e. The molecular weight excluding hydrogens is 369 g/mol. The Hall–Kier alpha value is -3.43. The first-order valence-corrected chi connectivity index (χ1v) is 7.52. The number of halogens is 3. The van der Waals surface area contributed by atoms with Gasteiger partial charge in [0, 0.05) is 11.6 Å². The number of rotatable bonds is 6. The number of alkyl halides is 3. The van der Waals surface area contributed by atoms with Crippen molar-refractivity contribution >= 4 is 17.6 Å². The summed E-state index contributed by atoms with van der Waals surface area (Å²) in [5.74, 6) is -1.61. The number of amides is 1. The number of nitro groups is 1. The molecular formula is C17H13F3N2O5. The number of nitro benzene ring substituents is 1. The van der Waals surface area contributed by atoms with Gasteiger partial charge in [0.2, 0.25) is 0 Å². The largest absolute Gasteiger partial charge is 0.459 e. The summed E-state index contributed by atoms with van der Waals surface area (Å²) < 4.78 is 42.3. The van der Waals surface area contributed by atoms with Crippen molar-refractivity contribution in [2.24, 2.45) is 0 Å². The molecule has 0 saturated heterocycles. The molecule has 0 aromatic heterocycles. The van der Waals surface area contributed by atoms with Gasteiger partial charge in [-0.05, 0) is 30.3 Å². The van der Waals surface area contributed by atoms with Crippen LogP contribution in [0.4, 0.5) is 18.9 Å². The second-order valence-electron chi connectivity index (χ2n) is 5.30. The van der Waals surface area contributed by atoms with Gasteiger partial charge in [-0.1, -0.05) is 12.1 Å². The fourth-order valence-electron chi connectivity index (χ4n) is 2.09. The minimum absolute atomic E-state index is 0.0607. The van der Waals surface area contributed by atoms with Gasteiger partial charge in [-0.2, -0.15) is 13.2 Å². The minimum atomic E-state index is -4.52. The van der Waals surface area contributed by atoms with E-state index >= 15 is 0 Å². The molecule has 0 aliphatic heterocycles. The third kappa shape index (κ3) is 5.53. The maximum atomic E-state index is 12.5. The van der Waals surface area contributed by atoms with Crippen molar-refractivity contribution in [3.05, 3.63) is 75.3 Å². The van der Waals surface area contributed by atoms with Crippen LogP contribution in [0.5, 0.6) is 0 Å². The summed E-state index contributed by atoms with van der Waals surface area (Å²) in [6.07, 6.45) is -4.52. The first-order chi connectivity index (χ1) is 12.7. The average molecular weight is 382 g/mol. The van der Waals surface area contributed by atoms with Crippen molar-refractivity contribution in [1.29, 1.82) is 0 Å². The predicted octanol–water partition coefficient (Wildman–Crippen LogP) is 3.09. The Morgan fingerprint density at radius 3 is 2.30 bits per heavy atom. The molecule has 0 unspecified atom stereocenters. The molecule has 2 rings (SSSR count). The molecule has 0 atom stereocenters. The lowest BCUT2D eigenvalue weighted by atomic mass is 10.1. The number of para-hydroxylation sites is 1. The second-order valence-corrected chi connectivity index (χ2v) is 5.30. The standard InChI is InChI=1S/C17H13F3N2O5/c18-17(19,20)13-7-5-11(6-8-13)16(24)21-9-15(23)27-10-12-3-1-2-4-14(12)22(25)26/h1-8H,9-10H2,(H,21,24). The van der Waals surface area contributed by atoms with Gasteiger partial charge in [-0.15, -0.1) is 0 Å². The monoisotopic (exact) mass is 382 g/mol. The lowest BCUT2D eigenvalue weighted by Gasteiger charge is -2.09. The first-order valence-electron chi connectivity index (χ1n) is 7.52. The van der Waals surface area contributed by atoms with E-state index in [1.165, 1.54) is 18.2 Å². The first kappa shape index (κ1) is 19.9. The van der Waals surface area contributed by atoms with E-state index in [0.29, 0.717) is 0 Å². The SMILES string of the molecule is O=C(CNC(=O)c1ccc(C(F)(F)F)cc1)OCc1ccccc1[N+](=O)[O-]. The van der Waals surface area contributed by atoms with Gasteiger partial charge in [0.05, 0.1) is 16.1 Å². The van der Waals surface area contributed by atoms with Crippen molar-refractivity contribution in [3.8, 4) is 0 Å². The molecule has 0 bridgehead atoms. The summed E-state index contributed by atoms with van der Waals surface area (Å²) in [6.45, 7) is -0.896. The van der Waals surface area contributed by atoms with Crippen LogP contribution >= 0.6 is 0 Å². The summed E-state index contributed by atoms with van der Waals surface area (Å²) in [5.41, 5.74) is -0.985. The zero-order chi connectivity index (χ0) is 20.0. The molecule has 0 radical (unpaired) electrons. The van der Waals surface area contributed by atoms with Crippen LogP contribution in [-0.2, 0) is 22.3 Å². The van der Waals surface area contributed by atoms with E-state index in [2.05, 4.69) is 5.32 Å². The van der Waals surface area contributed by atoms with Crippen molar-refractivity contribution < 1.29 is 32.4 Å². The molecule has 10 heteroatoms. The Morgan fingerprint density at radius 2 is 1.70 bits per heavy atom. The average Bonchev–Trinajstić information content (AvgIpc) is 2.64. The number of hydrogen-bond donors (Lipinski definition) is 1. The summed E-state index contributed by atoms with van der Waals surface area (Å²) >= 11 is 0. The Bertz CT molecular complexity index is 850. The predicted molar refractivity (Wildman–Crippen MR) is 86.7 cm³/mol. The maximum absolute atomic E-state index is 12.5. The summed E-state index contributed by atoms with van der Waals surface area (Å²) in [6, 6.07) is 9.16. The number of esters is 1. The smallest absolute Gasteiger partial charge is 0.416 e. The van der Waals surface area contributed by atoms with Gasteiger partial charge in [0.25, 0.3) is 11.6 Å². The lowest BCUT2D eigenvalue weighted by molar-refractivity contribution is -0.385. The van der Waals surface area contributed by atoms with Crippen LogP contribution in [0.3, 0.4) is 0 Å². The van der Waals surface area contributed by atoms with E-state index in [1.807, 2.05) is 0 Å². The van der Waals surface area contributed by atoms with Crippen LogP contribution in [0.15, 0.2) is 48.5 Å². The summed E-state index contributed by atoms with van der Waals surface area (Å²) in [4.78, 5) is 33.7. The van der Waals surface area contributed by atoms with Gasteiger partial charge in [-0.25, -0.2) is 0 Å². The third-order valence-electron chi connectivity index (χ3n) is 3.44. The number of nitrogens with zero attached hydrogens (tertiary/aromatic N) is 1. The van der Waals surface area contributed by atoms with E-state index in [-0.39, 0.29) is 23.4 Å². The number of carbonyl (C=O) groups excluding carboxylic acids is 2. The van der Waals surface area contributed by atoms with Crippen LogP contribution in [0, 0.1) is 10.1 Å². The molecule has 7 nitrogen and oxygen atoms in total. The molecule has 0 saturated carbocycles. The Kier molecular flexibility index (Phi) is 6.11. The molecule has 2 aromatic rings. The molecule has 0 aliphatic rings. The minimum Gasteiger partial charge on any atom is -0.459 e. The van der Waals surface area contributed by atoms with Gasteiger partial charge in [-0.3, -0.25) is 19.7 Å². The Labute approximate surface area is 150 Å². The van der Waals surface area contributed by atoms with Crippen LogP contribution in [-0.4, -0.2) is 23.3 Å². The van der Waals surface area contributed by atoms with Crippen molar-refractivity contribution in [2.75, 3.05) is 6.54 Å². The molecule has 142 valence electrons. The third-order valence-corrected chi connectivity index (χ3v) is 3.44. The van der Waals surface area contributed by atoms with Crippen LogP contribution < -0.4 is 5.32 Å². The Balaban J connectivity index is 1.87. The summed E-state index contributed by atoms with van der Waals surface area (Å²) in [5, 5.41) is 13.1. The highest BCUT2D eigenvalue weighted by Crippen LogP contribution is 2.29. The molecule has 0 spiro atoms. The van der Waals surface area contributed by atoms with Crippen LogP contribution in [0.2, 0.25) is 0 Å². The number of carbonyl (C=O) groups is 2. The van der Waals surface area contributed by atoms with E-state index in [1.54, 1.807) is 6.07 Å². The van der Waals surface area contributed by atoms with E-state index in [9.17, 15) is 32.9 Å². The highest BCUT2D eigenvalue weighted by Gasteiger charge is 2.30. The van der Waals surface area contributed by atoms with Gasteiger partial charge >= 0.3 is 12.1 Å². The second kappa shape index (κ2) is 8.30. The molecule has 2 aromatic carbocycles. The number of hydrogen-bond acceptors (Lipinski definition) is 5. The normalized spacial score (nSPS) is 10.9. The topological polar surface area (TPSA) is 98.5 Å². The quantitative estimate of drug-likeness (QED) is 0.470. The molecule has 0 aliphatic carbocycles. The molecule has 27 heavy (non-hydrogen) atoms. The van der Waals surface area contributed by atoms with Crippen molar-refractivity contribution in [2.45, 2.75) is 12.8 Å². The molecule has 1 amide bonds. The summed E-state index contributed by atoms with van der Waals surface area (Å²) in [7, 11) is 0. The van der Waals surface area contributed by atoms with Crippen LogP contribution in [0.25, 0.3) is 0 Å². The highest BCUT2D eigenvalue weighted by molar-refractivity contribution is 5.95. The Morgan fingerprint density at radius 1 is 1.07 bits per heavy atom. The van der Waals surface area contributed by atoms with E-state index < -0.39 is 35.1 Å². The van der Waals surface area contributed by atoms with E-state index in [0.717, 1.165) is 24.3 Å². The molecule has 0 heterocycles. The highest BCUT2D eigenvalue weighted by atomic mass is 19.4. The lowest BCUT2D eigenvalue weighted by Crippen LogP contribution is -2.30. The molecule has 0 fully saturated rings. The number of nitrogens with one attached hydrogen (secondary N) is 1. The van der Waals surface area contributed by atoms with Crippen LogP contribution in [0.1, 0.15) is 21.5 Å². The fraction of sp³-hybridized carbons (Fsp3) is 0.176. The zero-order valence-corrected chi connectivity index (χ0v) is 13.7. The zero-order valence-electron chi connectivity index (χ0n) is 13.7.